The number of rotatable bonds is 3. The zero-order valence-electron chi connectivity index (χ0n) is 9.03. The molecule has 0 aliphatic carbocycles. The van der Waals surface area contributed by atoms with Crippen molar-refractivity contribution < 1.29 is 9.63 Å². The number of benzene rings is 1. The molecule has 4 nitrogen and oxygen atoms in total. The first-order valence-electron chi connectivity index (χ1n) is 4.74. The number of hydrogen-bond acceptors (Lipinski definition) is 3. The van der Waals surface area contributed by atoms with Crippen molar-refractivity contribution in [2.45, 2.75) is 13.8 Å². The Labute approximate surface area is 98.9 Å². The normalized spacial score (nSPS) is 9.38. The van der Waals surface area contributed by atoms with E-state index in [-0.39, 0.29) is 17.2 Å². The summed E-state index contributed by atoms with van der Waals surface area (Å²) in [5.74, 6) is 0.0541. The van der Waals surface area contributed by atoms with E-state index in [9.17, 15) is 4.79 Å². The molecule has 0 N–H and O–H groups in total. The largest absolute Gasteiger partial charge is 0.375 e. The fraction of sp³-hybridized carbons (Fsp3) is 0.273. The molecular formula is C11H11ClN2O2. The molecule has 0 unspecified atom stereocenters. The predicted octanol–water partition coefficient (Wildman–Crippen LogP) is 2.37. The Bertz CT molecular complexity index is 440. The lowest BCUT2D eigenvalue weighted by Crippen LogP contribution is -2.32. The number of nitrogens with zero attached hydrogens (tertiary/aromatic N) is 2. The number of carbonyl (C=O) groups excluding carboxylic acids is 1. The molecule has 0 saturated heterocycles. The van der Waals surface area contributed by atoms with Crippen LogP contribution in [0.4, 0.5) is 0 Å². The third-order valence-corrected chi connectivity index (χ3v) is 2.25. The Balaban J connectivity index is 3.02. The van der Waals surface area contributed by atoms with Crippen molar-refractivity contribution in [3.05, 3.63) is 28.8 Å². The van der Waals surface area contributed by atoms with Crippen molar-refractivity contribution in [3.8, 4) is 11.8 Å². The van der Waals surface area contributed by atoms with E-state index in [2.05, 4.69) is 0 Å². The van der Waals surface area contributed by atoms with Crippen LogP contribution in [0.1, 0.15) is 19.4 Å². The van der Waals surface area contributed by atoms with Crippen molar-refractivity contribution in [3.63, 3.8) is 0 Å². The Morgan fingerprint density at radius 1 is 1.62 bits per heavy atom. The molecular weight excluding hydrogens is 228 g/mol. The summed E-state index contributed by atoms with van der Waals surface area (Å²) in [6, 6.07) is 6.78. The van der Waals surface area contributed by atoms with Crippen LogP contribution in [0.2, 0.25) is 5.02 Å². The van der Waals surface area contributed by atoms with Crippen LogP contribution >= 0.6 is 11.6 Å². The molecule has 1 amide bonds. The maximum absolute atomic E-state index is 11.1. The highest BCUT2D eigenvalue weighted by atomic mass is 35.5. The molecule has 0 bridgehead atoms. The van der Waals surface area contributed by atoms with Crippen molar-refractivity contribution in [2.24, 2.45) is 0 Å². The summed E-state index contributed by atoms with van der Waals surface area (Å²) in [6.07, 6.45) is 0. The number of nitriles is 1. The number of halogens is 1. The van der Waals surface area contributed by atoms with Gasteiger partial charge in [0.25, 0.3) is 5.91 Å². The van der Waals surface area contributed by atoms with Gasteiger partial charge >= 0.3 is 0 Å². The van der Waals surface area contributed by atoms with E-state index < -0.39 is 0 Å². The lowest BCUT2D eigenvalue weighted by molar-refractivity contribution is -0.153. The lowest BCUT2D eigenvalue weighted by Gasteiger charge is -2.19. The second-order valence-electron chi connectivity index (χ2n) is 3.03. The van der Waals surface area contributed by atoms with Gasteiger partial charge in [-0.25, -0.2) is 0 Å². The van der Waals surface area contributed by atoms with Gasteiger partial charge in [-0.05, 0) is 19.1 Å². The number of amides is 1. The Morgan fingerprint density at radius 3 is 2.81 bits per heavy atom. The molecule has 1 aromatic rings. The number of hydroxylamine groups is 2. The maximum atomic E-state index is 11.1. The molecule has 0 atom stereocenters. The van der Waals surface area contributed by atoms with Crippen LogP contribution in [-0.2, 0) is 4.79 Å². The van der Waals surface area contributed by atoms with Crippen LogP contribution in [0.3, 0.4) is 0 Å². The van der Waals surface area contributed by atoms with Crippen LogP contribution in [0.25, 0.3) is 0 Å². The van der Waals surface area contributed by atoms with Gasteiger partial charge in [-0.3, -0.25) is 4.79 Å². The minimum atomic E-state index is -0.230. The van der Waals surface area contributed by atoms with Crippen LogP contribution in [0.5, 0.6) is 5.75 Å². The van der Waals surface area contributed by atoms with Crippen LogP contribution in [0.15, 0.2) is 18.2 Å². The average Bonchev–Trinajstić information content (AvgIpc) is 2.25. The van der Waals surface area contributed by atoms with Gasteiger partial charge in [0.05, 0.1) is 11.6 Å². The molecule has 1 aromatic carbocycles. The Morgan fingerprint density at radius 2 is 2.31 bits per heavy atom. The summed E-state index contributed by atoms with van der Waals surface area (Å²) >= 11 is 5.83. The van der Waals surface area contributed by atoms with E-state index in [1.54, 1.807) is 25.1 Å². The first-order valence-corrected chi connectivity index (χ1v) is 5.12. The van der Waals surface area contributed by atoms with Gasteiger partial charge in [-0.1, -0.05) is 17.7 Å². The molecule has 0 aromatic heterocycles. The number of carbonyl (C=O) groups is 1. The van der Waals surface area contributed by atoms with Gasteiger partial charge in [0.2, 0.25) is 0 Å². The quantitative estimate of drug-likeness (QED) is 0.760. The molecule has 0 aliphatic rings. The van der Waals surface area contributed by atoms with E-state index in [1.165, 1.54) is 6.92 Å². The summed E-state index contributed by atoms with van der Waals surface area (Å²) in [5, 5.41) is 10.4. The second kappa shape index (κ2) is 5.38. The molecule has 0 radical (unpaired) electrons. The highest BCUT2D eigenvalue weighted by Gasteiger charge is 2.13. The highest BCUT2D eigenvalue weighted by molar-refractivity contribution is 6.31. The third-order valence-electron chi connectivity index (χ3n) is 1.93. The van der Waals surface area contributed by atoms with Gasteiger partial charge < -0.3 is 4.84 Å². The van der Waals surface area contributed by atoms with E-state index in [4.69, 9.17) is 21.7 Å². The smallest absolute Gasteiger partial charge is 0.252 e. The first-order chi connectivity index (χ1) is 7.60. The summed E-state index contributed by atoms with van der Waals surface area (Å²) in [7, 11) is 0. The average molecular weight is 239 g/mol. The van der Waals surface area contributed by atoms with E-state index in [1.807, 2.05) is 6.07 Å². The molecule has 84 valence electrons. The van der Waals surface area contributed by atoms with Gasteiger partial charge in [0.1, 0.15) is 11.6 Å². The molecule has 5 heteroatoms. The fourth-order valence-corrected chi connectivity index (χ4v) is 1.37. The van der Waals surface area contributed by atoms with Crippen LogP contribution in [0, 0.1) is 11.3 Å². The van der Waals surface area contributed by atoms with Crippen LogP contribution < -0.4 is 4.84 Å². The van der Waals surface area contributed by atoms with Gasteiger partial charge in [0, 0.05) is 6.92 Å². The number of hydrogen-bond donors (Lipinski definition) is 0. The van der Waals surface area contributed by atoms with Crippen molar-refractivity contribution >= 4 is 17.5 Å². The van der Waals surface area contributed by atoms with Gasteiger partial charge in [0.15, 0.2) is 5.75 Å². The predicted molar refractivity (Wildman–Crippen MR) is 59.9 cm³/mol. The molecule has 16 heavy (non-hydrogen) atoms. The molecule has 0 fully saturated rings. The topological polar surface area (TPSA) is 53.3 Å². The summed E-state index contributed by atoms with van der Waals surface area (Å²) in [6.45, 7) is 3.56. The Kier molecular flexibility index (Phi) is 4.15. The van der Waals surface area contributed by atoms with E-state index >= 15 is 0 Å². The third kappa shape index (κ3) is 2.65. The van der Waals surface area contributed by atoms with Gasteiger partial charge in [-0.2, -0.15) is 10.3 Å². The Hall–Kier alpha value is -1.73. The molecule has 0 aliphatic heterocycles. The van der Waals surface area contributed by atoms with E-state index in [0.29, 0.717) is 11.6 Å². The molecule has 0 spiro atoms. The molecule has 0 saturated carbocycles. The lowest BCUT2D eigenvalue weighted by atomic mass is 10.2. The van der Waals surface area contributed by atoms with Gasteiger partial charge in [-0.15, -0.1) is 0 Å². The summed E-state index contributed by atoms with van der Waals surface area (Å²) < 4.78 is 0. The second-order valence-corrected chi connectivity index (χ2v) is 3.44. The molecule has 0 heterocycles. The van der Waals surface area contributed by atoms with Crippen LogP contribution in [-0.4, -0.2) is 17.5 Å². The highest BCUT2D eigenvalue weighted by Crippen LogP contribution is 2.25. The van der Waals surface area contributed by atoms with Crippen molar-refractivity contribution in [1.29, 1.82) is 5.26 Å². The summed E-state index contributed by atoms with van der Waals surface area (Å²) in [4.78, 5) is 16.5. The minimum absolute atomic E-state index is 0.226. The minimum Gasteiger partial charge on any atom is -0.375 e. The van der Waals surface area contributed by atoms with E-state index in [0.717, 1.165) is 5.06 Å². The van der Waals surface area contributed by atoms with Crippen molar-refractivity contribution in [1.82, 2.24) is 5.06 Å². The standard InChI is InChI=1S/C11H11ClN2O2/c1-3-14(8(2)15)16-11-6-4-5-10(12)9(11)7-13/h4-6H,3H2,1-2H3. The first kappa shape index (κ1) is 12.3. The monoisotopic (exact) mass is 238 g/mol. The maximum Gasteiger partial charge on any atom is 0.252 e. The zero-order valence-corrected chi connectivity index (χ0v) is 9.78. The zero-order chi connectivity index (χ0) is 12.1. The summed E-state index contributed by atoms with van der Waals surface area (Å²) in [5.41, 5.74) is 0.226. The SMILES string of the molecule is CCN(Oc1cccc(Cl)c1C#N)C(C)=O. The fourth-order valence-electron chi connectivity index (χ4n) is 1.16. The van der Waals surface area contributed by atoms with Crippen molar-refractivity contribution in [2.75, 3.05) is 6.54 Å². The molecule has 1 rings (SSSR count).